The van der Waals surface area contributed by atoms with Crippen LogP contribution in [0, 0.1) is 0 Å². The first-order valence-corrected chi connectivity index (χ1v) is 6.86. The predicted molar refractivity (Wildman–Crippen MR) is 75.9 cm³/mol. The maximum absolute atomic E-state index is 11.8. The van der Waals surface area contributed by atoms with E-state index in [0.29, 0.717) is 28.7 Å². The Morgan fingerprint density at radius 2 is 1.95 bits per heavy atom. The summed E-state index contributed by atoms with van der Waals surface area (Å²) < 4.78 is 0. The number of rotatable bonds is 3. The van der Waals surface area contributed by atoms with Crippen LogP contribution in [0.25, 0.3) is 0 Å². The number of nitrogens with one attached hydrogen (secondary N) is 1. The van der Waals surface area contributed by atoms with E-state index in [4.69, 9.17) is 23.2 Å². The molecule has 1 unspecified atom stereocenters. The average molecular weight is 303 g/mol. The Morgan fingerprint density at radius 3 is 2.47 bits per heavy atom. The average Bonchev–Trinajstić information content (AvgIpc) is 2.41. The lowest BCUT2D eigenvalue weighted by Crippen LogP contribution is -2.56. The molecular weight excluding hydrogens is 287 g/mol. The maximum Gasteiger partial charge on any atom is 0.328 e. The summed E-state index contributed by atoms with van der Waals surface area (Å²) in [6, 6.07) is 5.01. The van der Waals surface area contributed by atoms with Gasteiger partial charge < -0.3 is 10.4 Å². The molecule has 0 spiro atoms. The van der Waals surface area contributed by atoms with Gasteiger partial charge in [-0.1, -0.05) is 29.3 Å². The highest BCUT2D eigenvalue weighted by Crippen LogP contribution is 2.33. The molecule has 1 aliphatic heterocycles. The minimum atomic E-state index is -1.09. The zero-order valence-corrected chi connectivity index (χ0v) is 12.1. The van der Waals surface area contributed by atoms with Gasteiger partial charge >= 0.3 is 5.97 Å². The lowest BCUT2D eigenvalue weighted by molar-refractivity contribution is -0.151. The normalized spacial score (nSPS) is 19.9. The van der Waals surface area contributed by atoms with E-state index >= 15 is 0 Å². The van der Waals surface area contributed by atoms with Gasteiger partial charge in [-0.3, -0.25) is 4.90 Å². The number of aliphatic carboxylic acids is 1. The zero-order valence-electron chi connectivity index (χ0n) is 10.6. The van der Waals surface area contributed by atoms with E-state index in [1.165, 1.54) is 0 Å². The summed E-state index contributed by atoms with van der Waals surface area (Å²) in [5.74, 6) is -0.882. The summed E-state index contributed by atoms with van der Waals surface area (Å²) >= 11 is 11.9. The first-order valence-electron chi connectivity index (χ1n) is 6.11. The molecule has 19 heavy (non-hydrogen) atoms. The first-order chi connectivity index (χ1) is 8.96. The molecule has 0 amide bonds. The van der Waals surface area contributed by atoms with Crippen molar-refractivity contribution in [3.8, 4) is 0 Å². The third-order valence-corrected chi connectivity index (χ3v) is 4.39. The molecule has 1 aliphatic rings. The summed E-state index contributed by atoms with van der Waals surface area (Å²) in [7, 11) is 0. The third kappa shape index (κ3) is 2.72. The zero-order chi connectivity index (χ0) is 14.0. The van der Waals surface area contributed by atoms with Crippen molar-refractivity contribution < 1.29 is 9.90 Å². The Bertz CT molecular complexity index is 490. The van der Waals surface area contributed by atoms with Crippen LogP contribution >= 0.6 is 23.2 Å². The predicted octanol–water partition coefficient (Wildman–Crippen LogP) is 2.20. The van der Waals surface area contributed by atoms with Gasteiger partial charge in [0.2, 0.25) is 0 Å². The van der Waals surface area contributed by atoms with Gasteiger partial charge in [0.15, 0.2) is 0 Å². The molecule has 0 bridgehead atoms. The molecule has 1 saturated heterocycles. The van der Waals surface area contributed by atoms with E-state index in [2.05, 4.69) is 5.32 Å². The number of hydrogen-bond donors (Lipinski definition) is 2. The molecule has 0 saturated carbocycles. The molecule has 1 heterocycles. The maximum atomic E-state index is 11.8. The van der Waals surface area contributed by atoms with Gasteiger partial charge in [0.05, 0.1) is 10.0 Å². The molecule has 2 N–H and O–H groups in total. The molecular formula is C13H16Cl2N2O2. The molecule has 0 aromatic heterocycles. The van der Waals surface area contributed by atoms with Crippen LogP contribution < -0.4 is 5.32 Å². The summed E-state index contributed by atoms with van der Waals surface area (Å²) in [4.78, 5) is 13.7. The number of halogens is 2. The minimum absolute atomic E-state index is 0.377. The molecule has 104 valence electrons. The number of carbonyl (C=O) groups is 1. The second-order valence-electron chi connectivity index (χ2n) is 4.74. The largest absolute Gasteiger partial charge is 0.480 e. The van der Waals surface area contributed by atoms with Crippen molar-refractivity contribution in [2.75, 3.05) is 26.2 Å². The van der Waals surface area contributed by atoms with Gasteiger partial charge in [0.25, 0.3) is 0 Å². The molecule has 2 rings (SSSR count). The van der Waals surface area contributed by atoms with Crippen LogP contribution in [0.3, 0.4) is 0 Å². The molecule has 1 fully saturated rings. The number of piperazine rings is 1. The molecule has 1 atom stereocenters. The van der Waals surface area contributed by atoms with Gasteiger partial charge in [-0.15, -0.1) is 0 Å². The van der Waals surface area contributed by atoms with Crippen LogP contribution in [0.4, 0.5) is 0 Å². The number of benzene rings is 1. The summed E-state index contributed by atoms with van der Waals surface area (Å²) in [5.41, 5.74) is -0.438. The fourth-order valence-corrected chi connectivity index (χ4v) is 2.65. The number of hydrogen-bond acceptors (Lipinski definition) is 3. The van der Waals surface area contributed by atoms with Crippen molar-refractivity contribution >= 4 is 29.2 Å². The fraction of sp³-hybridized carbons (Fsp3) is 0.462. The monoisotopic (exact) mass is 302 g/mol. The fourth-order valence-electron chi connectivity index (χ4n) is 2.35. The van der Waals surface area contributed by atoms with Crippen LogP contribution in [-0.2, 0) is 10.3 Å². The van der Waals surface area contributed by atoms with Gasteiger partial charge in [0, 0.05) is 26.2 Å². The standard InChI is InChI=1S/C13H16Cl2N2O2/c1-13(12(18)19,17-6-4-16-5-7-17)9-2-3-10(14)11(15)8-9/h2-3,8,16H,4-7H2,1H3,(H,18,19). The second kappa shape index (κ2) is 5.67. The van der Waals surface area contributed by atoms with E-state index in [1.54, 1.807) is 25.1 Å². The summed E-state index contributed by atoms with van der Waals surface area (Å²) in [5, 5.41) is 13.7. The van der Waals surface area contributed by atoms with Crippen molar-refractivity contribution in [3.05, 3.63) is 33.8 Å². The van der Waals surface area contributed by atoms with Gasteiger partial charge in [-0.2, -0.15) is 0 Å². The Hall–Kier alpha value is -0.810. The van der Waals surface area contributed by atoms with Crippen molar-refractivity contribution in [3.63, 3.8) is 0 Å². The molecule has 1 aromatic carbocycles. The van der Waals surface area contributed by atoms with E-state index in [1.807, 2.05) is 4.90 Å². The summed E-state index contributed by atoms with van der Waals surface area (Å²) in [6.07, 6.45) is 0. The van der Waals surface area contributed by atoms with Crippen molar-refractivity contribution in [2.24, 2.45) is 0 Å². The number of nitrogens with zero attached hydrogens (tertiary/aromatic N) is 1. The van der Waals surface area contributed by atoms with E-state index < -0.39 is 11.5 Å². The molecule has 6 heteroatoms. The minimum Gasteiger partial charge on any atom is -0.480 e. The van der Waals surface area contributed by atoms with E-state index in [0.717, 1.165) is 13.1 Å². The first kappa shape index (κ1) is 14.6. The summed E-state index contributed by atoms with van der Waals surface area (Å²) in [6.45, 7) is 4.64. The Morgan fingerprint density at radius 1 is 1.32 bits per heavy atom. The van der Waals surface area contributed by atoms with Gasteiger partial charge in [-0.25, -0.2) is 4.79 Å². The second-order valence-corrected chi connectivity index (χ2v) is 5.56. The lowest BCUT2D eigenvalue weighted by Gasteiger charge is -2.40. The lowest BCUT2D eigenvalue weighted by atomic mass is 9.89. The number of carboxylic acids is 1. The topological polar surface area (TPSA) is 52.6 Å². The van der Waals surface area contributed by atoms with Crippen LogP contribution in [0.1, 0.15) is 12.5 Å². The van der Waals surface area contributed by atoms with Crippen LogP contribution in [0.5, 0.6) is 0 Å². The molecule has 4 nitrogen and oxygen atoms in total. The Kier molecular flexibility index (Phi) is 4.36. The van der Waals surface area contributed by atoms with E-state index in [-0.39, 0.29) is 0 Å². The van der Waals surface area contributed by atoms with Gasteiger partial charge in [-0.05, 0) is 24.6 Å². The molecule has 0 aliphatic carbocycles. The van der Waals surface area contributed by atoms with Crippen LogP contribution in [0.2, 0.25) is 10.0 Å². The number of carboxylic acid groups (broad SMARTS) is 1. The third-order valence-electron chi connectivity index (χ3n) is 3.65. The SMILES string of the molecule is CC(C(=O)O)(c1ccc(Cl)c(Cl)c1)N1CCNCC1. The van der Waals surface area contributed by atoms with Crippen molar-refractivity contribution in [1.82, 2.24) is 10.2 Å². The highest BCUT2D eigenvalue weighted by atomic mass is 35.5. The molecule has 1 aromatic rings. The highest BCUT2D eigenvalue weighted by Gasteiger charge is 2.41. The molecule has 0 radical (unpaired) electrons. The Balaban J connectivity index is 2.42. The van der Waals surface area contributed by atoms with Crippen molar-refractivity contribution in [2.45, 2.75) is 12.5 Å². The van der Waals surface area contributed by atoms with E-state index in [9.17, 15) is 9.90 Å². The van der Waals surface area contributed by atoms with Gasteiger partial charge in [0.1, 0.15) is 5.54 Å². The smallest absolute Gasteiger partial charge is 0.328 e. The highest BCUT2D eigenvalue weighted by molar-refractivity contribution is 6.42. The quantitative estimate of drug-likeness (QED) is 0.899. The van der Waals surface area contributed by atoms with Crippen LogP contribution in [0.15, 0.2) is 18.2 Å². The van der Waals surface area contributed by atoms with Crippen LogP contribution in [-0.4, -0.2) is 42.2 Å². The Labute approximate surface area is 122 Å². The van der Waals surface area contributed by atoms with Crippen molar-refractivity contribution in [1.29, 1.82) is 0 Å².